The van der Waals surface area contributed by atoms with Gasteiger partial charge in [-0.1, -0.05) is 232 Å². The van der Waals surface area contributed by atoms with Gasteiger partial charge in [-0.3, -0.25) is 4.79 Å². The van der Waals surface area contributed by atoms with Crippen molar-refractivity contribution in [2.24, 2.45) is 0 Å². The van der Waals surface area contributed by atoms with Crippen LogP contribution in [0.4, 0.5) is 4.39 Å². The van der Waals surface area contributed by atoms with Gasteiger partial charge >= 0.3 is 0 Å². The first-order valence-electron chi connectivity index (χ1n) is 25.2. The Morgan fingerprint density at radius 1 is 0.534 bits per heavy atom. The molecule has 1 rings (SSSR count). The maximum Gasteiger partial charge on any atom is 0.220 e. The number of aliphatic hydroxyl groups is 4. The van der Waals surface area contributed by atoms with E-state index >= 15 is 4.39 Å². The first-order chi connectivity index (χ1) is 28.3. The number of aliphatic hydroxyl groups excluding tert-OH is 4. The van der Waals surface area contributed by atoms with E-state index in [-0.39, 0.29) is 12.5 Å². The Balaban J connectivity index is 2.20. The number of rotatable bonds is 43. The third-order valence-electron chi connectivity index (χ3n) is 12.4. The molecule has 0 spiro atoms. The maximum atomic E-state index is 15.6. The molecule has 0 aromatic carbocycles. The summed E-state index contributed by atoms with van der Waals surface area (Å²) in [5.41, 5.74) is 0. The zero-order valence-electron chi connectivity index (χ0n) is 38.0. The van der Waals surface area contributed by atoms with Gasteiger partial charge in [0.05, 0.1) is 19.3 Å². The molecule has 1 aliphatic heterocycles. The van der Waals surface area contributed by atoms with Crippen molar-refractivity contribution in [3.05, 3.63) is 0 Å². The number of alkyl halides is 1. The predicted octanol–water partition coefficient (Wildman–Crippen LogP) is 12.1. The van der Waals surface area contributed by atoms with Crippen LogP contribution < -0.4 is 5.32 Å². The van der Waals surface area contributed by atoms with Gasteiger partial charge in [-0.2, -0.15) is 0 Å². The topological polar surface area (TPSA) is 128 Å². The summed E-state index contributed by atoms with van der Waals surface area (Å²) in [4.78, 5) is 12.9. The molecule has 0 saturated carbocycles. The molecule has 2 unspecified atom stereocenters. The minimum Gasteiger partial charge on any atom is -0.394 e. The molecule has 0 aromatic heterocycles. The van der Waals surface area contributed by atoms with Crippen molar-refractivity contribution in [2.45, 2.75) is 294 Å². The molecule has 0 bridgehead atoms. The van der Waals surface area contributed by atoms with Gasteiger partial charge < -0.3 is 35.2 Å². The van der Waals surface area contributed by atoms with Gasteiger partial charge in [0.1, 0.15) is 30.6 Å². The third kappa shape index (κ3) is 30.2. The highest BCUT2D eigenvalue weighted by molar-refractivity contribution is 5.76. The Morgan fingerprint density at radius 3 is 1.24 bits per heavy atom. The van der Waals surface area contributed by atoms with Crippen molar-refractivity contribution in [2.75, 3.05) is 13.2 Å². The smallest absolute Gasteiger partial charge is 0.220 e. The Labute approximate surface area is 357 Å². The van der Waals surface area contributed by atoms with E-state index < -0.39 is 49.5 Å². The summed E-state index contributed by atoms with van der Waals surface area (Å²) in [6, 6.07) is -0.933. The van der Waals surface area contributed by atoms with E-state index in [9.17, 15) is 25.2 Å². The summed E-state index contributed by atoms with van der Waals surface area (Å²) in [6.45, 7) is 3.69. The Kier molecular flexibility index (Phi) is 38.3. The largest absolute Gasteiger partial charge is 0.394 e. The average Bonchev–Trinajstić information content (AvgIpc) is 3.22. The highest BCUT2D eigenvalue weighted by Crippen LogP contribution is 2.23. The maximum absolute atomic E-state index is 15.6. The van der Waals surface area contributed by atoms with E-state index in [0.29, 0.717) is 19.3 Å². The van der Waals surface area contributed by atoms with Gasteiger partial charge in [-0.25, -0.2) is 4.39 Å². The van der Waals surface area contributed by atoms with E-state index in [1.165, 1.54) is 180 Å². The van der Waals surface area contributed by atoms with Crippen LogP contribution in [0.5, 0.6) is 0 Å². The van der Waals surface area contributed by atoms with Crippen molar-refractivity contribution in [3.8, 4) is 0 Å². The van der Waals surface area contributed by atoms with Crippen LogP contribution in [-0.4, -0.2) is 82.5 Å². The molecule has 1 saturated heterocycles. The zero-order valence-corrected chi connectivity index (χ0v) is 38.0. The SMILES string of the molecule is CCCCCCCCCCCCCCCCCCCCCCCCCC(=O)N[C@@H](CO[C@H]1OC(CO)[C@H](O)[C@H](O)C1O)[C@H](F)CCCCCCCCCCCCCC. The number of nitrogens with one attached hydrogen (secondary N) is 1. The van der Waals surface area contributed by atoms with Gasteiger partial charge in [0, 0.05) is 6.42 Å². The fraction of sp³-hybridized carbons (Fsp3) is 0.980. The van der Waals surface area contributed by atoms with Crippen LogP contribution in [0.25, 0.3) is 0 Å². The van der Waals surface area contributed by atoms with E-state index in [2.05, 4.69) is 19.2 Å². The molecule has 5 N–H and O–H groups in total. The van der Waals surface area contributed by atoms with Gasteiger partial charge in [0.25, 0.3) is 0 Å². The molecular formula is C49H96FNO7. The monoisotopic (exact) mass is 830 g/mol. The molecule has 1 aliphatic rings. The fourth-order valence-corrected chi connectivity index (χ4v) is 8.37. The summed E-state index contributed by atoms with van der Waals surface area (Å²) in [5.74, 6) is -0.219. The lowest BCUT2D eigenvalue weighted by Crippen LogP contribution is -2.59. The first kappa shape index (κ1) is 55.2. The van der Waals surface area contributed by atoms with Gasteiger partial charge in [-0.05, 0) is 12.8 Å². The number of amides is 1. The Morgan fingerprint density at radius 2 is 0.879 bits per heavy atom. The quantitative estimate of drug-likeness (QED) is 0.0387. The average molecular weight is 830 g/mol. The number of carbonyl (C=O) groups is 1. The molecule has 7 atom stereocenters. The lowest BCUT2D eigenvalue weighted by Gasteiger charge is -2.40. The van der Waals surface area contributed by atoms with E-state index in [4.69, 9.17) is 9.47 Å². The van der Waals surface area contributed by atoms with Crippen LogP contribution in [0.1, 0.15) is 251 Å². The standard InChI is InChI=1S/C49H96FNO7/c1-3-5-7-9-11-13-15-17-18-19-20-21-22-23-24-25-26-27-29-31-33-35-37-39-45(53)51-43(41-57-49-48(56)47(55)46(54)44(40-52)58-49)42(50)38-36-34-32-30-28-16-14-12-10-8-6-4-2/h42-44,46-49,52,54-56H,3-41H2,1-2H3,(H,51,53)/t42-,43+,44?,46+,47+,48?,49+/m1/s1. The van der Waals surface area contributed by atoms with Crippen LogP contribution >= 0.6 is 0 Å². The van der Waals surface area contributed by atoms with Crippen LogP contribution in [0.2, 0.25) is 0 Å². The molecule has 1 amide bonds. The normalized spacial score (nSPS) is 20.7. The Hall–Kier alpha value is -0.840. The summed E-state index contributed by atoms with van der Waals surface area (Å²) in [5, 5.41) is 43.0. The van der Waals surface area contributed by atoms with Gasteiger partial charge in [0.15, 0.2) is 6.29 Å². The number of hydrogen-bond acceptors (Lipinski definition) is 7. The summed E-state index contributed by atoms with van der Waals surface area (Å²) >= 11 is 0. The predicted molar refractivity (Wildman–Crippen MR) is 239 cm³/mol. The van der Waals surface area contributed by atoms with Gasteiger partial charge in [0.2, 0.25) is 5.91 Å². The summed E-state index contributed by atoms with van der Waals surface area (Å²) in [7, 11) is 0. The van der Waals surface area contributed by atoms with Crippen LogP contribution in [-0.2, 0) is 14.3 Å². The molecule has 0 radical (unpaired) electrons. The molecule has 0 aliphatic carbocycles. The fourth-order valence-electron chi connectivity index (χ4n) is 8.37. The lowest BCUT2D eigenvalue weighted by molar-refractivity contribution is -0.302. The highest BCUT2D eigenvalue weighted by Gasteiger charge is 2.44. The summed E-state index contributed by atoms with van der Waals surface area (Å²) < 4.78 is 26.8. The molecule has 9 heteroatoms. The van der Waals surface area contributed by atoms with E-state index in [0.717, 1.165) is 38.5 Å². The molecule has 0 aromatic rings. The van der Waals surface area contributed by atoms with Crippen LogP contribution in [0, 0.1) is 0 Å². The molecule has 1 fully saturated rings. The van der Waals surface area contributed by atoms with Gasteiger partial charge in [-0.15, -0.1) is 0 Å². The Bertz CT molecular complexity index is 882. The van der Waals surface area contributed by atoms with Crippen molar-refractivity contribution < 1.29 is 39.1 Å². The number of halogens is 1. The number of ether oxygens (including phenoxy) is 2. The van der Waals surface area contributed by atoms with Crippen molar-refractivity contribution in [3.63, 3.8) is 0 Å². The zero-order chi connectivity index (χ0) is 42.3. The van der Waals surface area contributed by atoms with Crippen molar-refractivity contribution in [1.82, 2.24) is 5.32 Å². The van der Waals surface area contributed by atoms with E-state index in [1.54, 1.807) is 0 Å². The molecule has 1 heterocycles. The lowest BCUT2D eigenvalue weighted by atomic mass is 9.99. The third-order valence-corrected chi connectivity index (χ3v) is 12.4. The van der Waals surface area contributed by atoms with Crippen molar-refractivity contribution in [1.29, 1.82) is 0 Å². The first-order valence-corrected chi connectivity index (χ1v) is 25.2. The number of carbonyl (C=O) groups excluding carboxylic acids is 1. The van der Waals surface area contributed by atoms with Crippen LogP contribution in [0.15, 0.2) is 0 Å². The second-order valence-electron chi connectivity index (χ2n) is 17.9. The van der Waals surface area contributed by atoms with Crippen LogP contribution in [0.3, 0.4) is 0 Å². The molecule has 346 valence electrons. The van der Waals surface area contributed by atoms with E-state index in [1.807, 2.05) is 0 Å². The minimum atomic E-state index is -1.58. The minimum absolute atomic E-state index is 0.219. The molecule has 8 nitrogen and oxygen atoms in total. The highest BCUT2D eigenvalue weighted by atomic mass is 19.1. The number of unbranched alkanes of at least 4 members (excludes halogenated alkanes) is 33. The number of hydrogen-bond donors (Lipinski definition) is 5. The molecular weight excluding hydrogens is 734 g/mol. The second-order valence-corrected chi connectivity index (χ2v) is 17.9. The van der Waals surface area contributed by atoms with Crippen molar-refractivity contribution >= 4 is 5.91 Å². The summed E-state index contributed by atoms with van der Waals surface area (Å²) in [6.07, 6.45) is 36.7. The molecule has 58 heavy (non-hydrogen) atoms. The second kappa shape index (κ2) is 40.2.